The maximum atomic E-state index is 9.35. The Morgan fingerprint density at radius 3 is 2.68 bits per heavy atom. The fourth-order valence-corrected chi connectivity index (χ4v) is 1.65. The van der Waals surface area contributed by atoms with Gasteiger partial charge < -0.3 is 26.5 Å². The summed E-state index contributed by atoms with van der Waals surface area (Å²) in [7, 11) is 0. The van der Waals surface area contributed by atoms with E-state index in [1.54, 1.807) is 18.3 Å². The van der Waals surface area contributed by atoms with Crippen LogP contribution in [0, 0.1) is 0 Å². The Labute approximate surface area is 111 Å². The van der Waals surface area contributed by atoms with E-state index in [-0.39, 0.29) is 19.0 Å². The third-order valence-electron chi connectivity index (χ3n) is 3.18. The first-order chi connectivity index (χ1) is 9.12. The van der Waals surface area contributed by atoms with Crippen molar-refractivity contribution in [3.63, 3.8) is 0 Å². The number of oxime groups is 1. The van der Waals surface area contributed by atoms with Crippen molar-refractivity contribution in [2.75, 3.05) is 13.2 Å². The van der Waals surface area contributed by atoms with E-state index in [9.17, 15) is 10.2 Å². The van der Waals surface area contributed by atoms with Crippen LogP contribution in [0.5, 0.6) is 0 Å². The second-order valence-corrected chi connectivity index (χ2v) is 4.30. The van der Waals surface area contributed by atoms with Crippen LogP contribution >= 0.6 is 0 Å². The summed E-state index contributed by atoms with van der Waals surface area (Å²) in [5, 5.41) is 33.4. The molecular formula is C12H20N4O3. The maximum absolute atomic E-state index is 9.35. The minimum absolute atomic E-state index is 0.0764. The first kappa shape index (κ1) is 15.4. The Kier molecular flexibility index (Phi) is 5.68. The number of nitrogens with one attached hydrogen (secondary N) is 1. The largest absolute Gasteiger partial charge is 0.409 e. The van der Waals surface area contributed by atoms with Gasteiger partial charge >= 0.3 is 0 Å². The van der Waals surface area contributed by atoms with Gasteiger partial charge in [-0.3, -0.25) is 4.98 Å². The molecule has 1 aromatic rings. The van der Waals surface area contributed by atoms with Gasteiger partial charge in [0.1, 0.15) is 5.69 Å². The minimum Gasteiger partial charge on any atom is -0.409 e. The van der Waals surface area contributed by atoms with Gasteiger partial charge in [0, 0.05) is 12.7 Å². The van der Waals surface area contributed by atoms with E-state index in [4.69, 9.17) is 10.9 Å². The number of amidine groups is 1. The maximum Gasteiger partial charge on any atom is 0.189 e. The van der Waals surface area contributed by atoms with Gasteiger partial charge in [-0.05, 0) is 18.1 Å². The van der Waals surface area contributed by atoms with Gasteiger partial charge in [0.25, 0.3) is 0 Å². The summed E-state index contributed by atoms with van der Waals surface area (Å²) in [5.74, 6) is -0.0764. The average molecular weight is 268 g/mol. The molecule has 106 valence electrons. The number of aliphatic hydroxyl groups excluding tert-OH is 2. The second kappa shape index (κ2) is 7.03. The molecule has 0 radical (unpaired) electrons. The summed E-state index contributed by atoms with van der Waals surface area (Å²) >= 11 is 0. The van der Waals surface area contributed by atoms with E-state index in [2.05, 4.69) is 15.5 Å². The Balaban J connectivity index is 2.89. The molecule has 0 saturated carbocycles. The van der Waals surface area contributed by atoms with Gasteiger partial charge in [0.2, 0.25) is 0 Å². The first-order valence-electron chi connectivity index (χ1n) is 6.01. The van der Waals surface area contributed by atoms with Crippen LogP contribution in [-0.4, -0.2) is 45.0 Å². The SMILES string of the molecule is CCC(CO)(CO)NCc1cccnc1/C(N)=N/O. The number of hydrogen-bond donors (Lipinski definition) is 5. The lowest BCUT2D eigenvalue weighted by atomic mass is 9.98. The standard InChI is InChI=1S/C12H20N4O3/c1-2-12(7-17,8-18)15-6-9-4-3-5-14-10(9)11(13)16-19/h3-5,15,17-19H,2,6-8H2,1H3,(H2,13,16). The fraction of sp³-hybridized carbons (Fsp3) is 0.500. The van der Waals surface area contributed by atoms with Crippen LogP contribution in [0.25, 0.3) is 0 Å². The summed E-state index contributed by atoms with van der Waals surface area (Å²) in [5.41, 5.74) is 5.88. The quantitative estimate of drug-likeness (QED) is 0.195. The Morgan fingerprint density at radius 2 is 2.16 bits per heavy atom. The lowest BCUT2D eigenvalue weighted by molar-refractivity contribution is 0.0863. The summed E-state index contributed by atoms with van der Waals surface area (Å²) in [6.07, 6.45) is 2.11. The van der Waals surface area contributed by atoms with Gasteiger partial charge in [0.05, 0.1) is 18.8 Å². The summed E-state index contributed by atoms with van der Waals surface area (Å²) in [6, 6.07) is 3.51. The highest BCUT2D eigenvalue weighted by Crippen LogP contribution is 2.12. The van der Waals surface area contributed by atoms with Crippen molar-refractivity contribution < 1.29 is 15.4 Å². The topological polar surface area (TPSA) is 124 Å². The number of aromatic nitrogens is 1. The molecule has 0 fully saturated rings. The van der Waals surface area contributed by atoms with Crippen LogP contribution in [0.4, 0.5) is 0 Å². The zero-order valence-electron chi connectivity index (χ0n) is 10.9. The molecule has 0 aliphatic rings. The molecule has 6 N–H and O–H groups in total. The minimum atomic E-state index is -0.752. The first-order valence-corrected chi connectivity index (χ1v) is 6.01. The van der Waals surface area contributed by atoms with Gasteiger partial charge in [-0.15, -0.1) is 0 Å². The highest BCUT2D eigenvalue weighted by atomic mass is 16.4. The number of nitrogens with two attached hydrogens (primary N) is 1. The Hall–Kier alpha value is -1.70. The second-order valence-electron chi connectivity index (χ2n) is 4.30. The van der Waals surface area contributed by atoms with Crippen LogP contribution in [-0.2, 0) is 6.54 Å². The van der Waals surface area contributed by atoms with E-state index >= 15 is 0 Å². The van der Waals surface area contributed by atoms with Crippen molar-refractivity contribution in [2.24, 2.45) is 10.9 Å². The molecule has 7 nitrogen and oxygen atoms in total. The van der Waals surface area contributed by atoms with Gasteiger partial charge in [-0.2, -0.15) is 0 Å². The molecule has 0 aliphatic heterocycles. The monoisotopic (exact) mass is 268 g/mol. The molecular weight excluding hydrogens is 248 g/mol. The van der Waals surface area contributed by atoms with Gasteiger partial charge in [-0.1, -0.05) is 18.1 Å². The summed E-state index contributed by atoms with van der Waals surface area (Å²) in [4.78, 5) is 4.05. The zero-order valence-corrected chi connectivity index (χ0v) is 10.9. The smallest absolute Gasteiger partial charge is 0.189 e. The van der Waals surface area contributed by atoms with Gasteiger partial charge in [-0.25, -0.2) is 0 Å². The van der Waals surface area contributed by atoms with Crippen molar-refractivity contribution in [2.45, 2.75) is 25.4 Å². The molecule has 7 heteroatoms. The number of nitrogens with zero attached hydrogens (tertiary/aromatic N) is 2. The molecule has 0 saturated heterocycles. The van der Waals surface area contributed by atoms with Crippen molar-refractivity contribution in [3.05, 3.63) is 29.6 Å². The van der Waals surface area contributed by atoms with Crippen LogP contribution in [0.15, 0.2) is 23.5 Å². The lowest BCUT2D eigenvalue weighted by Gasteiger charge is -2.30. The molecule has 19 heavy (non-hydrogen) atoms. The predicted octanol–water partition coefficient (Wildman–Crippen LogP) is -0.601. The fourth-order valence-electron chi connectivity index (χ4n) is 1.65. The molecule has 0 unspecified atom stereocenters. The highest BCUT2D eigenvalue weighted by Gasteiger charge is 2.26. The van der Waals surface area contributed by atoms with Crippen LogP contribution in [0.1, 0.15) is 24.6 Å². The molecule has 0 atom stereocenters. The zero-order chi connectivity index (χ0) is 14.3. The van der Waals surface area contributed by atoms with Crippen molar-refractivity contribution in [1.29, 1.82) is 0 Å². The lowest BCUT2D eigenvalue weighted by Crippen LogP contribution is -2.51. The number of aliphatic hydroxyl groups is 2. The molecule has 1 rings (SSSR count). The molecule has 0 bridgehead atoms. The van der Waals surface area contributed by atoms with E-state index in [1.165, 1.54) is 0 Å². The molecule has 0 amide bonds. The van der Waals surface area contributed by atoms with E-state index < -0.39 is 5.54 Å². The third kappa shape index (κ3) is 3.63. The van der Waals surface area contributed by atoms with E-state index in [0.29, 0.717) is 18.7 Å². The summed E-state index contributed by atoms with van der Waals surface area (Å²) in [6.45, 7) is 1.85. The average Bonchev–Trinajstić information content (AvgIpc) is 2.49. The highest BCUT2D eigenvalue weighted by molar-refractivity contribution is 5.96. The van der Waals surface area contributed by atoms with Crippen LogP contribution in [0.2, 0.25) is 0 Å². The number of hydrogen-bond acceptors (Lipinski definition) is 6. The van der Waals surface area contributed by atoms with Gasteiger partial charge in [0.15, 0.2) is 5.84 Å². The Bertz CT molecular complexity index is 424. The molecule has 1 heterocycles. The van der Waals surface area contributed by atoms with Crippen LogP contribution < -0.4 is 11.1 Å². The van der Waals surface area contributed by atoms with E-state index in [0.717, 1.165) is 5.56 Å². The molecule has 0 aliphatic carbocycles. The molecule has 1 aromatic heterocycles. The van der Waals surface area contributed by atoms with Crippen molar-refractivity contribution in [1.82, 2.24) is 10.3 Å². The molecule has 0 aromatic carbocycles. The van der Waals surface area contributed by atoms with E-state index in [1.807, 2.05) is 6.92 Å². The predicted molar refractivity (Wildman–Crippen MR) is 70.8 cm³/mol. The number of pyridine rings is 1. The van der Waals surface area contributed by atoms with Crippen LogP contribution in [0.3, 0.4) is 0 Å². The third-order valence-corrected chi connectivity index (χ3v) is 3.18. The van der Waals surface area contributed by atoms with Crippen molar-refractivity contribution >= 4 is 5.84 Å². The normalized spacial score (nSPS) is 12.7. The Morgan fingerprint density at radius 1 is 1.47 bits per heavy atom. The number of rotatable bonds is 7. The van der Waals surface area contributed by atoms with Crippen molar-refractivity contribution in [3.8, 4) is 0 Å². The molecule has 0 spiro atoms. The summed E-state index contributed by atoms with van der Waals surface area (Å²) < 4.78 is 0.